The van der Waals surface area contributed by atoms with Crippen LogP contribution >= 0.6 is 0 Å². The van der Waals surface area contributed by atoms with Crippen molar-refractivity contribution in [1.29, 1.82) is 0 Å². The Hall–Kier alpha value is -0.778. The van der Waals surface area contributed by atoms with Gasteiger partial charge in [-0.05, 0) is 6.92 Å². The van der Waals surface area contributed by atoms with Crippen LogP contribution in [0.5, 0.6) is 0 Å². The molecule has 1 rings (SSSR count). The molecule has 0 spiro atoms. The number of benzene rings is 1. The van der Waals surface area contributed by atoms with Crippen LogP contribution < -0.4 is 0 Å². The van der Waals surface area contributed by atoms with Gasteiger partial charge in [-0.2, -0.15) is 0 Å². The first-order chi connectivity index (χ1) is 5.70. The van der Waals surface area contributed by atoms with Crippen molar-refractivity contribution in [2.24, 2.45) is 0 Å². The van der Waals surface area contributed by atoms with E-state index < -0.39 is 0 Å². The summed E-state index contributed by atoms with van der Waals surface area (Å²) in [4.78, 5) is 21.8. The Labute approximate surface area is 91.0 Å². The van der Waals surface area contributed by atoms with E-state index in [1.165, 1.54) is 6.92 Å². The molecule has 3 heteroatoms. The zero-order valence-corrected chi connectivity index (χ0v) is 8.78. The van der Waals surface area contributed by atoms with Gasteiger partial charge in [-0.1, -0.05) is 30.3 Å². The third-order valence-electron chi connectivity index (χ3n) is 1.51. The van der Waals surface area contributed by atoms with E-state index in [4.69, 9.17) is 0 Å². The minimum absolute atomic E-state index is 0. The fraction of sp³-hybridized carbons (Fsp3) is 0.200. The molecule has 0 saturated heterocycles. The fourth-order valence-corrected chi connectivity index (χ4v) is 0.952. The maximum atomic E-state index is 11.2. The topological polar surface area (TPSA) is 34.1 Å². The Bertz CT molecular complexity index is 293. The Kier molecular flexibility index (Phi) is 5.45. The van der Waals surface area contributed by atoms with Gasteiger partial charge >= 0.3 is 20.4 Å². The van der Waals surface area contributed by atoms with Crippen LogP contribution in [0.25, 0.3) is 0 Å². The quantitative estimate of drug-likeness (QED) is 0.476. The predicted molar refractivity (Wildman–Crippen MR) is 46.1 cm³/mol. The molecular weight excluding hydrogens is 259 g/mol. The molecule has 0 fully saturated rings. The maximum absolute atomic E-state index is 11.2. The number of hydrogen-bond donors (Lipinski definition) is 0. The fourth-order valence-electron chi connectivity index (χ4n) is 0.952. The summed E-state index contributed by atoms with van der Waals surface area (Å²) in [7, 11) is 0. The van der Waals surface area contributed by atoms with Crippen LogP contribution in [0.15, 0.2) is 30.3 Å². The second-order valence-corrected chi connectivity index (χ2v) is 2.67. The number of ketones is 2. The normalized spacial score (nSPS) is 8.69. The van der Waals surface area contributed by atoms with E-state index in [-0.39, 0.29) is 38.4 Å². The molecule has 0 saturated carbocycles. The smallest absolute Gasteiger partial charge is 0.300 e. The molecule has 0 bridgehead atoms. The molecule has 0 unspecified atom stereocenters. The van der Waals surface area contributed by atoms with Gasteiger partial charge in [0.2, 0.25) is 0 Å². The van der Waals surface area contributed by atoms with Crippen molar-refractivity contribution < 1.29 is 30.0 Å². The van der Waals surface area contributed by atoms with Crippen molar-refractivity contribution in [1.82, 2.24) is 0 Å². The molecule has 0 aromatic heterocycles. The van der Waals surface area contributed by atoms with Crippen molar-refractivity contribution >= 4 is 11.6 Å². The zero-order valence-electron chi connectivity index (χ0n) is 7.23. The molecule has 0 aliphatic rings. The van der Waals surface area contributed by atoms with E-state index in [0.717, 1.165) is 0 Å². The SMILES string of the molecule is CC(=O)CC(=O)c1ccccc1.[Pd+2]. The van der Waals surface area contributed by atoms with E-state index in [9.17, 15) is 9.59 Å². The molecule has 0 aliphatic carbocycles. The molecule has 13 heavy (non-hydrogen) atoms. The first kappa shape index (κ1) is 12.2. The van der Waals surface area contributed by atoms with Crippen molar-refractivity contribution in [3.05, 3.63) is 35.9 Å². The van der Waals surface area contributed by atoms with Gasteiger partial charge < -0.3 is 0 Å². The second kappa shape index (κ2) is 5.80. The minimum atomic E-state index is -0.108. The van der Waals surface area contributed by atoms with Crippen LogP contribution in [0.3, 0.4) is 0 Å². The molecule has 70 valence electrons. The van der Waals surface area contributed by atoms with Crippen LogP contribution in [-0.2, 0) is 25.2 Å². The molecule has 0 amide bonds. The largest absolute Gasteiger partial charge is 2.00 e. The number of Topliss-reactive ketones (excluding diaryl/α,β-unsaturated/α-hetero) is 2. The first-order valence-corrected chi connectivity index (χ1v) is 3.78. The third-order valence-corrected chi connectivity index (χ3v) is 1.51. The average molecular weight is 269 g/mol. The van der Waals surface area contributed by atoms with Gasteiger partial charge in [0.1, 0.15) is 5.78 Å². The first-order valence-electron chi connectivity index (χ1n) is 3.78. The van der Waals surface area contributed by atoms with E-state index in [1.54, 1.807) is 24.3 Å². The van der Waals surface area contributed by atoms with Crippen LogP contribution in [0.4, 0.5) is 0 Å². The molecule has 2 nitrogen and oxygen atoms in total. The van der Waals surface area contributed by atoms with Gasteiger partial charge in [0.25, 0.3) is 0 Å². The van der Waals surface area contributed by atoms with Gasteiger partial charge in [0.15, 0.2) is 5.78 Å². The van der Waals surface area contributed by atoms with Gasteiger partial charge in [-0.3, -0.25) is 9.59 Å². The average Bonchev–Trinajstić information content (AvgIpc) is 2.05. The minimum Gasteiger partial charge on any atom is -0.300 e. The van der Waals surface area contributed by atoms with Crippen molar-refractivity contribution in [2.75, 3.05) is 0 Å². The predicted octanol–water partition coefficient (Wildman–Crippen LogP) is 1.85. The molecular formula is C10H10O2Pd+2. The monoisotopic (exact) mass is 268 g/mol. The standard InChI is InChI=1S/C10H10O2.Pd/c1-8(11)7-10(12)9-5-3-2-4-6-9;/h2-6H,7H2,1H3;/q;+2. The van der Waals surface area contributed by atoms with Gasteiger partial charge in [-0.25, -0.2) is 0 Å². The van der Waals surface area contributed by atoms with Gasteiger partial charge in [-0.15, -0.1) is 0 Å². The summed E-state index contributed by atoms with van der Waals surface area (Å²) < 4.78 is 0. The number of carbonyl (C=O) groups is 2. The van der Waals surface area contributed by atoms with Crippen LogP contribution in [-0.4, -0.2) is 11.6 Å². The second-order valence-electron chi connectivity index (χ2n) is 2.67. The van der Waals surface area contributed by atoms with E-state index in [2.05, 4.69) is 0 Å². The van der Waals surface area contributed by atoms with Crippen LogP contribution in [0, 0.1) is 0 Å². The molecule has 0 heterocycles. The molecule has 0 radical (unpaired) electrons. The van der Waals surface area contributed by atoms with Crippen LogP contribution in [0.1, 0.15) is 23.7 Å². The Morgan fingerprint density at radius 2 is 1.69 bits per heavy atom. The molecule has 1 aromatic rings. The summed E-state index contributed by atoms with van der Waals surface area (Å²) in [6.45, 7) is 1.42. The Morgan fingerprint density at radius 3 is 2.15 bits per heavy atom. The van der Waals surface area contributed by atoms with Crippen molar-refractivity contribution in [3.8, 4) is 0 Å². The van der Waals surface area contributed by atoms with Crippen LogP contribution in [0.2, 0.25) is 0 Å². The van der Waals surface area contributed by atoms with Crippen molar-refractivity contribution in [3.63, 3.8) is 0 Å². The van der Waals surface area contributed by atoms with E-state index >= 15 is 0 Å². The Balaban J connectivity index is 0.00000144. The zero-order chi connectivity index (χ0) is 8.97. The van der Waals surface area contributed by atoms with Gasteiger partial charge in [0, 0.05) is 5.56 Å². The van der Waals surface area contributed by atoms with Crippen molar-refractivity contribution in [2.45, 2.75) is 13.3 Å². The molecule has 0 N–H and O–H groups in total. The summed E-state index contributed by atoms with van der Waals surface area (Å²) in [5.41, 5.74) is 0.604. The number of hydrogen-bond acceptors (Lipinski definition) is 2. The summed E-state index contributed by atoms with van der Waals surface area (Å²) in [5, 5.41) is 0. The molecule has 0 atom stereocenters. The van der Waals surface area contributed by atoms with E-state index in [1.807, 2.05) is 6.07 Å². The summed E-state index contributed by atoms with van der Waals surface area (Å²) in [5.74, 6) is -0.202. The molecule has 1 aromatic carbocycles. The molecule has 0 aliphatic heterocycles. The number of rotatable bonds is 3. The van der Waals surface area contributed by atoms with Gasteiger partial charge in [0.05, 0.1) is 6.42 Å². The summed E-state index contributed by atoms with van der Waals surface area (Å²) >= 11 is 0. The summed E-state index contributed by atoms with van der Waals surface area (Å²) in [6, 6.07) is 8.84. The summed E-state index contributed by atoms with van der Waals surface area (Å²) in [6.07, 6.45) is 0.00398. The van der Waals surface area contributed by atoms with E-state index in [0.29, 0.717) is 5.56 Å². The Morgan fingerprint density at radius 1 is 1.15 bits per heavy atom. The third kappa shape index (κ3) is 4.12. The number of carbonyl (C=O) groups excluding carboxylic acids is 2. The maximum Gasteiger partial charge on any atom is 2.00 e.